The van der Waals surface area contributed by atoms with Crippen molar-refractivity contribution in [3.8, 4) is 0 Å². The molecule has 14 heavy (non-hydrogen) atoms. The molecule has 2 atom stereocenters. The lowest BCUT2D eigenvalue weighted by molar-refractivity contribution is -0.992. The molecule has 0 radical (unpaired) electrons. The fourth-order valence-corrected chi connectivity index (χ4v) is 0.849. The maximum Gasteiger partial charge on any atom is 0.478 e. The van der Waals surface area contributed by atoms with Gasteiger partial charge in [0.2, 0.25) is 12.2 Å². The molecule has 0 aliphatic heterocycles. The molecule has 0 spiro atoms. The number of rotatable bonds is 8. The van der Waals surface area contributed by atoms with E-state index in [1.165, 1.54) is 14.2 Å². The van der Waals surface area contributed by atoms with E-state index in [-0.39, 0.29) is 17.3 Å². The van der Waals surface area contributed by atoms with E-state index in [0.717, 1.165) is 0 Å². The summed E-state index contributed by atoms with van der Waals surface area (Å²) in [4.78, 5) is 20.5. The maximum atomic E-state index is 11.0. The van der Waals surface area contributed by atoms with E-state index in [1.807, 2.05) is 0 Å². The van der Waals surface area contributed by atoms with Crippen LogP contribution < -0.4 is 0 Å². The first kappa shape index (κ1) is 13.1. The average molecular weight is 208 g/mol. The molecule has 6 nitrogen and oxygen atoms in total. The van der Waals surface area contributed by atoms with E-state index >= 15 is 0 Å². The van der Waals surface area contributed by atoms with E-state index < -0.39 is 0 Å². The Labute approximate surface area is 83.6 Å². The van der Waals surface area contributed by atoms with Crippen LogP contribution in [0.5, 0.6) is 0 Å². The van der Waals surface area contributed by atoms with Crippen LogP contribution in [0.1, 0.15) is 13.8 Å². The largest absolute Gasteiger partial charge is 0.478 e. The molecule has 0 aromatic rings. The number of hydrogen-bond donors (Lipinski definition) is 0. The Hall–Kier alpha value is -0.880. The molecule has 0 amide bonds. The summed E-state index contributed by atoms with van der Waals surface area (Å²) in [5.41, 5.74) is 0. The van der Waals surface area contributed by atoms with Crippen molar-refractivity contribution in [1.82, 2.24) is 0 Å². The second-order valence-electron chi connectivity index (χ2n) is 2.97. The van der Waals surface area contributed by atoms with Crippen molar-refractivity contribution in [2.24, 2.45) is 0 Å². The summed E-state index contributed by atoms with van der Waals surface area (Å²) in [5.74, 6) is 0. The van der Waals surface area contributed by atoms with Crippen LogP contribution in [-0.4, -0.2) is 44.7 Å². The maximum absolute atomic E-state index is 11.0. The monoisotopic (exact) mass is 208 g/mol. The van der Waals surface area contributed by atoms with Crippen LogP contribution in [0.2, 0.25) is 0 Å². The molecular formula is C8H18NO5+. The third-order valence-electron chi connectivity index (χ3n) is 1.33. The molecule has 0 rings (SSSR count). The molecule has 0 fully saturated rings. The normalized spacial score (nSPS) is 14.6. The summed E-state index contributed by atoms with van der Waals surface area (Å²) in [7, 11) is 3.06. The highest BCUT2D eigenvalue weighted by Gasteiger charge is 2.22. The first-order chi connectivity index (χ1) is 6.60. The third kappa shape index (κ3) is 6.62. The lowest BCUT2D eigenvalue weighted by Crippen LogP contribution is -2.27. The molecule has 84 valence electrons. The van der Waals surface area contributed by atoms with Crippen molar-refractivity contribution in [3.63, 3.8) is 0 Å². The van der Waals surface area contributed by atoms with E-state index in [1.54, 1.807) is 13.8 Å². The molecule has 0 saturated carbocycles. The van der Waals surface area contributed by atoms with Crippen LogP contribution in [0.3, 0.4) is 0 Å². The zero-order valence-corrected chi connectivity index (χ0v) is 9.06. The van der Waals surface area contributed by atoms with Gasteiger partial charge < -0.3 is 9.47 Å². The minimum Gasteiger partial charge on any atom is -0.381 e. The molecule has 0 bridgehead atoms. The van der Waals surface area contributed by atoms with Gasteiger partial charge in [0, 0.05) is 14.2 Å². The molecule has 0 aromatic carbocycles. The molecule has 0 aliphatic carbocycles. The second-order valence-corrected chi connectivity index (χ2v) is 2.97. The third-order valence-corrected chi connectivity index (χ3v) is 1.33. The molecule has 2 unspecified atom stereocenters. The Morgan fingerprint density at radius 2 is 1.36 bits per heavy atom. The van der Waals surface area contributed by atoms with Crippen LogP contribution in [0.4, 0.5) is 0 Å². The van der Waals surface area contributed by atoms with Gasteiger partial charge in [-0.1, -0.05) is 0 Å². The Kier molecular flexibility index (Phi) is 7.04. The van der Waals surface area contributed by atoms with E-state index in [0.29, 0.717) is 13.2 Å². The smallest absolute Gasteiger partial charge is 0.381 e. The van der Waals surface area contributed by atoms with Gasteiger partial charge in [-0.05, 0) is 13.8 Å². The summed E-state index contributed by atoms with van der Waals surface area (Å²) in [5, 5.41) is 0.0906. The number of hydrogen-bond acceptors (Lipinski definition) is 5. The Bertz CT molecular complexity index is 148. The van der Waals surface area contributed by atoms with Gasteiger partial charge in [0.05, 0.1) is 13.2 Å². The van der Waals surface area contributed by atoms with Gasteiger partial charge >= 0.3 is 5.09 Å². The van der Waals surface area contributed by atoms with Gasteiger partial charge in [-0.15, -0.1) is 0 Å². The van der Waals surface area contributed by atoms with Gasteiger partial charge in [0.25, 0.3) is 0 Å². The Morgan fingerprint density at radius 3 is 1.64 bits per heavy atom. The molecule has 0 saturated heterocycles. The summed E-state index contributed by atoms with van der Waals surface area (Å²) in [6.07, 6.45) is -0.681. The molecular weight excluding hydrogens is 190 g/mol. The number of nitrogens with zero attached hydrogens (tertiary/aromatic N) is 1. The lowest BCUT2D eigenvalue weighted by atomic mass is 10.4. The fraction of sp³-hybridized carbons (Fsp3) is 1.00. The summed E-state index contributed by atoms with van der Waals surface area (Å²) in [6.45, 7) is 4.08. The van der Waals surface area contributed by atoms with E-state index in [4.69, 9.17) is 19.1 Å². The van der Waals surface area contributed by atoms with Crippen LogP contribution >= 0.6 is 0 Å². The van der Waals surface area contributed by atoms with E-state index in [2.05, 4.69) is 0 Å². The van der Waals surface area contributed by atoms with Crippen LogP contribution in [-0.2, 0) is 19.1 Å². The highest BCUT2D eigenvalue weighted by atomic mass is 17.0. The summed E-state index contributed by atoms with van der Waals surface area (Å²) in [6, 6.07) is 0. The molecule has 0 aromatic heterocycles. The highest BCUT2D eigenvalue weighted by molar-refractivity contribution is 4.41. The van der Waals surface area contributed by atoms with Gasteiger partial charge in [0.15, 0.2) is 0 Å². The molecule has 0 heterocycles. The Morgan fingerprint density at radius 1 is 1.00 bits per heavy atom. The first-order valence-electron chi connectivity index (χ1n) is 4.38. The van der Waals surface area contributed by atoms with Crippen LogP contribution in [0.15, 0.2) is 0 Å². The minimum absolute atomic E-state index is 0.0906. The van der Waals surface area contributed by atoms with Gasteiger partial charge in [-0.3, -0.25) is 0 Å². The van der Waals surface area contributed by atoms with Crippen molar-refractivity contribution in [3.05, 3.63) is 4.91 Å². The predicted molar refractivity (Wildman–Crippen MR) is 48.5 cm³/mol. The van der Waals surface area contributed by atoms with Crippen LogP contribution in [0.25, 0.3) is 0 Å². The molecule has 0 N–H and O–H groups in total. The first-order valence-corrected chi connectivity index (χ1v) is 4.38. The molecule has 0 aliphatic rings. The van der Waals surface area contributed by atoms with Gasteiger partial charge in [-0.25, -0.2) is 0 Å². The van der Waals surface area contributed by atoms with Crippen molar-refractivity contribution in [2.75, 3.05) is 27.4 Å². The average Bonchev–Trinajstić information content (AvgIpc) is 2.03. The van der Waals surface area contributed by atoms with Crippen molar-refractivity contribution >= 4 is 0 Å². The quantitative estimate of drug-likeness (QED) is 0.549. The number of methoxy groups -OCH3 is 2. The van der Waals surface area contributed by atoms with Crippen molar-refractivity contribution in [1.29, 1.82) is 0 Å². The topological polar surface area (TPSA) is 57.0 Å². The lowest BCUT2D eigenvalue weighted by Gasteiger charge is -2.05. The zero-order valence-electron chi connectivity index (χ0n) is 9.06. The summed E-state index contributed by atoms with van der Waals surface area (Å²) >= 11 is 0. The van der Waals surface area contributed by atoms with Crippen molar-refractivity contribution in [2.45, 2.75) is 26.1 Å². The number of ether oxygens (including phenoxy) is 2. The van der Waals surface area contributed by atoms with Crippen molar-refractivity contribution < 1.29 is 24.2 Å². The minimum atomic E-state index is -0.341. The SMILES string of the molecule is COCC(C)O[N+](=O)OC(C)COC. The summed E-state index contributed by atoms with van der Waals surface area (Å²) < 4.78 is 9.57. The van der Waals surface area contributed by atoms with Gasteiger partial charge in [-0.2, -0.15) is 9.68 Å². The van der Waals surface area contributed by atoms with Gasteiger partial charge in [0.1, 0.15) is 4.91 Å². The fourth-order valence-electron chi connectivity index (χ4n) is 0.849. The predicted octanol–water partition coefficient (Wildman–Crippen LogP) is 0.698. The zero-order chi connectivity index (χ0) is 11.0. The second kappa shape index (κ2) is 7.52. The highest BCUT2D eigenvalue weighted by Crippen LogP contribution is 1.97. The molecule has 6 heteroatoms. The van der Waals surface area contributed by atoms with E-state index in [9.17, 15) is 4.91 Å². The Balaban J connectivity index is 3.63. The standard InChI is InChI=1S/C8H18NO5/c1-7(5-11-3)13-9(10)14-8(2)6-12-4/h7-8H,5-6H2,1-4H3/q+1. The van der Waals surface area contributed by atoms with Crippen LogP contribution in [0, 0.1) is 4.91 Å².